The molecule has 1 atom stereocenters. The van der Waals surface area contributed by atoms with E-state index >= 15 is 0 Å². The Labute approximate surface area is 110 Å². The molecule has 0 amide bonds. The van der Waals surface area contributed by atoms with Crippen molar-refractivity contribution >= 4 is 17.6 Å². The van der Waals surface area contributed by atoms with E-state index in [4.69, 9.17) is 14.9 Å². The molecular formula is C13H15NO5. The minimum absolute atomic E-state index is 0.0146. The van der Waals surface area contributed by atoms with Crippen LogP contribution in [0.4, 0.5) is 5.69 Å². The van der Waals surface area contributed by atoms with E-state index in [1.807, 2.05) is 11.9 Å². The SMILES string of the molecule is CN1c2ccc(C(=O)O)cc2OCC1CCC(=O)O. The Morgan fingerprint density at radius 2 is 2.16 bits per heavy atom. The molecule has 2 N–H and O–H groups in total. The molecule has 0 aromatic heterocycles. The van der Waals surface area contributed by atoms with E-state index in [9.17, 15) is 9.59 Å². The van der Waals surface area contributed by atoms with Crippen LogP contribution in [0.5, 0.6) is 5.75 Å². The number of nitrogens with zero attached hydrogens (tertiary/aromatic N) is 1. The number of fused-ring (bicyclic) bond motifs is 1. The minimum Gasteiger partial charge on any atom is -0.489 e. The molecule has 0 radical (unpaired) electrons. The third-order valence-corrected chi connectivity index (χ3v) is 3.26. The van der Waals surface area contributed by atoms with Gasteiger partial charge in [-0.3, -0.25) is 4.79 Å². The Morgan fingerprint density at radius 3 is 2.79 bits per heavy atom. The largest absolute Gasteiger partial charge is 0.489 e. The van der Waals surface area contributed by atoms with E-state index in [0.29, 0.717) is 18.8 Å². The second kappa shape index (κ2) is 5.17. The van der Waals surface area contributed by atoms with Crippen molar-refractivity contribution in [3.8, 4) is 5.75 Å². The zero-order chi connectivity index (χ0) is 14.0. The van der Waals surface area contributed by atoms with Gasteiger partial charge < -0.3 is 19.8 Å². The first-order chi connectivity index (χ1) is 8.99. The van der Waals surface area contributed by atoms with Crippen LogP contribution in [-0.4, -0.2) is 41.8 Å². The molecule has 6 nitrogen and oxygen atoms in total. The fraction of sp³-hybridized carbons (Fsp3) is 0.385. The van der Waals surface area contributed by atoms with Crippen molar-refractivity contribution in [3.05, 3.63) is 23.8 Å². The molecule has 0 fully saturated rings. The fourth-order valence-electron chi connectivity index (χ4n) is 2.12. The molecule has 0 saturated carbocycles. The summed E-state index contributed by atoms with van der Waals surface area (Å²) in [5, 5.41) is 17.6. The number of benzene rings is 1. The van der Waals surface area contributed by atoms with Crippen molar-refractivity contribution in [1.82, 2.24) is 0 Å². The van der Waals surface area contributed by atoms with Crippen LogP contribution in [0.25, 0.3) is 0 Å². The minimum atomic E-state index is -0.998. The number of anilines is 1. The van der Waals surface area contributed by atoms with Crippen molar-refractivity contribution in [2.45, 2.75) is 18.9 Å². The van der Waals surface area contributed by atoms with Crippen LogP contribution >= 0.6 is 0 Å². The van der Waals surface area contributed by atoms with Gasteiger partial charge in [0.1, 0.15) is 12.4 Å². The highest BCUT2D eigenvalue weighted by Crippen LogP contribution is 2.34. The summed E-state index contributed by atoms with van der Waals surface area (Å²) < 4.78 is 5.53. The molecular weight excluding hydrogens is 250 g/mol. The molecule has 6 heteroatoms. The summed E-state index contributed by atoms with van der Waals surface area (Å²) >= 11 is 0. The van der Waals surface area contributed by atoms with Crippen LogP contribution in [0.15, 0.2) is 18.2 Å². The number of carboxylic acid groups (broad SMARTS) is 2. The van der Waals surface area contributed by atoms with Crippen LogP contribution in [0.1, 0.15) is 23.2 Å². The number of likely N-dealkylation sites (N-methyl/N-ethyl adjacent to an activating group) is 1. The zero-order valence-corrected chi connectivity index (χ0v) is 10.5. The van der Waals surface area contributed by atoms with Crippen molar-refractivity contribution < 1.29 is 24.5 Å². The predicted molar refractivity (Wildman–Crippen MR) is 68.0 cm³/mol. The highest BCUT2D eigenvalue weighted by Gasteiger charge is 2.25. The van der Waals surface area contributed by atoms with Gasteiger partial charge in [-0.1, -0.05) is 0 Å². The van der Waals surface area contributed by atoms with E-state index < -0.39 is 11.9 Å². The van der Waals surface area contributed by atoms with Gasteiger partial charge in [0.25, 0.3) is 0 Å². The number of ether oxygens (including phenoxy) is 1. The number of hydrogen-bond acceptors (Lipinski definition) is 4. The number of carboxylic acids is 2. The van der Waals surface area contributed by atoms with E-state index in [0.717, 1.165) is 5.69 Å². The molecule has 0 bridgehead atoms. The summed E-state index contributed by atoms with van der Waals surface area (Å²) in [5.74, 6) is -1.31. The quantitative estimate of drug-likeness (QED) is 0.856. The maximum absolute atomic E-state index is 10.9. The van der Waals surface area contributed by atoms with Crippen LogP contribution in [0.3, 0.4) is 0 Å². The lowest BCUT2D eigenvalue weighted by molar-refractivity contribution is -0.137. The molecule has 0 spiro atoms. The highest BCUT2D eigenvalue weighted by molar-refractivity contribution is 5.89. The molecule has 0 saturated heterocycles. The second-order valence-electron chi connectivity index (χ2n) is 4.50. The number of aliphatic carboxylic acids is 1. The van der Waals surface area contributed by atoms with Crippen LogP contribution in [0, 0.1) is 0 Å². The summed E-state index contributed by atoms with van der Waals surface area (Å²) in [6.07, 6.45) is 0.576. The average Bonchev–Trinajstić information content (AvgIpc) is 2.37. The Balaban J connectivity index is 2.17. The van der Waals surface area contributed by atoms with Crippen molar-refractivity contribution in [1.29, 1.82) is 0 Å². The van der Waals surface area contributed by atoms with Gasteiger partial charge in [0.15, 0.2) is 0 Å². The summed E-state index contributed by atoms with van der Waals surface area (Å²) in [7, 11) is 1.86. The van der Waals surface area contributed by atoms with Gasteiger partial charge in [0, 0.05) is 13.5 Å². The van der Waals surface area contributed by atoms with Crippen molar-refractivity contribution in [2.75, 3.05) is 18.6 Å². The smallest absolute Gasteiger partial charge is 0.335 e. The normalized spacial score (nSPS) is 17.5. The maximum Gasteiger partial charge on any atom is 0.335 e. The number of hydrogen-bond donors (Lipinski definition) is 2. The molecule has 0 aliphatic carbocycles. The van der Waals surface area contributed by atoms with Gasteiger partial charge >= 0.3 is 11.9 Å². The summed E-state index contributed by atoms with van der Waals surface area (Å²) in [6, 6.07) is 4.67. The highest BCUT2D eigenvalue weighted by atomic mass is 16.5. The molecule has 1 heterocycles. The van der Waals surface area contributed by atoms with E-state index in [2.05, 4.69) is 0 Å². The standard InChI is InChI=1S/C13H15NO5/c1-14-9(3-5-12(15)16)7-19-11-6-8(13(17)18)2-4-10(11)14/h2,4,6,9H,3,5,7H2,1H3,(H,15,16)(H,17,18). The molecule has 1 aliphatic heterocycles. The number of rotatable bonds is 4. The maximum atomic E-state index is 10.9. The van der Waals surface area contributed by atoms with E-state index in [1.54, 1.807) is 6.07 Å². The van der Waals surface area contributed by atoms with Gasteiger partial charge in [0.2, 0.25) is 0 Å². The lowest BCUT2D eigenvalue weighted by Crippen LogP contribution is -2.40. The molecule has 1 aliphatic rings. The van der Waals surface area contributed by atoms with Crippen molar-refractivity contribution in [3.63, 3.8) is 0 Å². The second-order valence-corrected chi connectivity index (χ2v) is 4.50. The van der Waals surface area contributed by atoms with E-state index in [1.165, 1.54) is 12.1 Å². The number of carbonyl (C=O) groups is 2. The lowest BCUT2D eigenvalue weighted by atomic mass is 10.1. The third-order valence-electron chi connectivity index (χ3n) is 3.26. The zero-order valence-electron chi connectivity index (χ0n) is 10.5. The molecule has 1 aromatic carbocycles. The van der Waals surface area contributed by atoms with Gasteiger partial charge in [0.05, 0.1) is 17.3 Å². The number of aromatic carboxylic acids is 1. The monoisotopic (exact) mass is 265 g/mol. The first-order valence-corrected chi connectivity index (χ1v) is 5.94. The summed E-state index contributed by atoms with van der Waals surface area (Å²) in [6.45, 7) is 0.361. The molecule has 102 valence electrons. The predicted octanol–water partition coefficient (Wildman–Crippen LogP) is 1.45. The molecule has 2 rings (SSSR count). The molecule has 1 aromatic rings. The lowest BCUT2D eigenvalue weighted by Gasteiger charge is -2.35. The van der Waals surface area contributed by atoms with Gasteiger partial charge in [-0.15, -0.1) is 0 Å². The topological polar surface area (TPSA) is 87.1 Å². The van der Waals surface area contributed by atoms with Gasteiger partial charge in [-0.05, 0) is 24.6 Å². The molecule has 19 heavy (non-hydrogen) atoms. The van der Waals surface area contributed by atoms with Crippen LogP contribution in [0.2, 0.25) is 0 Å². The Hall–Kier alpha value is -2.24. The van der Waals surface area contributed by atoms with Crippen LogP contribution in [-0.2, 0) is 4.79 Å². The van der Waals surface area contributed by atoms with Crippen molar-refractivity contribution in [2.24, 2.45) is 0 Å². The average molecular weight is 265 g/mol. The fourth-order valence-corrected chi connectivity index (χ4v) is 2.12. The first kappa shape index (κ1) is 13.2. The summed E-state index contributed by atoms with van der Waals surface area (Å²) in [4.78, 5) is 23.4. The Morgan fingerprint density at radius 1 is 1.42 bits per heavy atom. The molecule has 1 unspecified atom stereocenters. The first-order valence-electron chi connectivity index (χ1n) is 5.94. The van der Waals surface area contributed by atoms with Crippen LogP contribution < -0.4 is 9.64 Å². The third kappa shape index (κ3) is 2.78. The van der Waals surface area contributed by atoms with Gasteiger partial charge in [-0.25, -0.2) is 4.79 Å². The Kier molecular flexibility index (Phi) is 3.59. The van der Waals surface area contributed by atoms with Gasteiger partial charge in [-0.2, -0.15) is 0 Å². The Bertz CT molecular complexity index is 514. The summed E-state index contributed by atoms with van der Waals surface area (Å²) in [5.41, 5.74) is 0.961. The van der Waals surface area contributed by atoms with E-state index in [-0.39, 0.29) is 18.0 Å².